The fourth-order valence-electron chi connectivity index (χ4n) is 1.62. The van der Waals surface area contributed by atoms with Crippen molar-refractivity contribution in [3.8, 4) is 0 Å². The van der Waals surface area contributed by atoms with Crippen LogP contribution in [0.25, 0.3) is 0 Å². The van der Waals surface area contributed by atoms with Crippen LogP contribution < -0.4 is 0 Å². The molecule has 138 valence electrons. The van der Waals surface area contributed by atoms with Gasteiger partial charge in [-0.3, -0.25) is 0 Å². The molecule has 0 aromatic rings. The molecule has 7 nitrogen and oxygen atoms in total. The highest BCUT2D eigenvalue weighted by Crippen LogP contribution is 2.11. The van der Waals surface area contributed by atoms with E-state index in [1.165, 1.54) is 24.2 Å². The molecule has 0 bridgehead atoms. The van der Waals surface area contributed by atoms with E-state index in [0.717, 1.165) is 0 Å². The van der Waals surface area contributed by atoms with E-state index in [1.54, 1.807) is 33.8 Å². The fourth-order valence-corrected chi connectivity index (χ4v) is 1.62. The number of esters is 1. The molecule has 0 saturated heterocycles. The molecule has 0 aromatic carbocycles. The molecule has 0 N–H and O–H groups in total. The van der Waals surface area contributed by atoms with Crippen molar-refractivity contribution in [2.24, 2.45) is 0 Å². The van der Waals surface area contributed by atoms with Crippen LogP contribution in [0.2, 0.25) is 0 Å². The van der Waals surface area contributed by atoms with Gasteiger partial charge in [-0.1, -0.05) is 6.08 Å². The zero-order valence-corrected chi connectivity index (χ0v) is 15.2. The van der Waals surface area contributed by atoms with Crippen LogP contribution in [0, 0.1) is 0 Å². The maximum Gasteiger partial charge on any atom is 0.410 e. The zero-order valence-electron chi connectivity index (χ0n) is 15.2. The first-order valence-electron chi connectivity index (χ1n) is 7.77. The molecule has 1 atom stereocenters. The van der Waals surface area contributed by atoms with Crippen molar-refractivity contribution in [3.05, 3.63) is 24.8 Å². The SMILES string of the molecule is C=CCN(C[C@@H](/C=C/C(=O)OCC)OCOC)C(=O)OC(C)(C)C. The number of hydrogen-bond acceptors (Lipinski definition) is 6. The van der Waals surface area contributed by atoms with Gasteiger partial charge in [0.15, 0.2) is 0 Å². The second kappa shape index (κ2) is 11.6. The average Bonchev–Trinajstić information content (AvgIpc) is 2.47. The Bertz CT molecular complexity index is 427. The summed E-state index contributed by atoms with van der Waals surface area (Å²) in [5, 5.41) is 0. The van der Waals surface area contributed by atoms with Crippen molar-refractivity contribution in [3.63, 3.8) is 0 Å². The van der Waals surface area contributed by atoms with E-state index in [2.05, 4.69) is 6.58 Å². The number of carbonyl (C=O) groups is 2. The summed E-state index contributed by atoms with van der Waals surface area (Å²) in [7, 11) is 1.49. The highest BCUT2D eigenvalue weighted by Gasteiger charge is 2.23. The third-order valence-corrected chi connectivity index (χ3v) is 2.54. The van der Waals surface area contributed by atoms with Crippen molar-refractivity contribution in [1.82, 2.24) is 4.90 Å². The van der Waals surface area contributed by atoms with Crippen LogP contribution in [0.3, 0.4) is 0 Å². The van der Waals surface area contributed by atoms with Gasteiger partial charge in [0, 0.05) is 19.7 Å². The minimum absolute atomic E-state index is 0.0219. The Kier molecular flexibility index (Phi) is 10.7. The maximum absolute atomic E-state index is 12.3. The quantitative estimate of drug-likeness (QED) is 0.263. The van der Waals surface area contributed by atoms with E-state index < -0.39 is 23.8 Å². The second-order valence-electron chi connectivity index (χ2n) is 5.90. The van der Waals surface area contributed by atoms with Gasteiger partial charge in [0.25, 0.3) is 0 Å². The highest BCUT2D eigenvalue weighted by atomic mass is 16.7. The Hall–Kier alpha value is -1.86. The number of rotatable bonds is 10. The van der Waals surface area contributed by atoms with Gasteiger partial charge in [0.1, 0.15) is 12.4 Å². The van der Waals surface area contributed by atoms with Crippen molar-refractivity contribution < 1.29 is 28.5 Å². The smallest absolute Gasteiger partial charge is 0.410 e. The molecule has 0 heterocycles. The predicted molar refractivity (Wildman–Crippen MR) is 90.5 cm³/mol. The van der Waals surface area contributed by atoms with Crippen LogP contribution in [0.1, 0.15) is 27.7 Å². The van der Waals surface area contributed by atoms with Crippen LogP contribution in [0.15, 0.2) is 24.8 Å². The van der Waals surface area contributed by atoms with Crippen molar-refractivity contribution >= 4 is 12.1 Å². The molecule has 24 heavy (non-hydrogen) atoms. The highest BCUT2D eigenvalue weighted by molar-refractivity contribution is 5.82. The maximum atomic E-state index is 12.3. The first-order valence-corrected chi connectivity index (χ1v) is 7.77. The van der Waals surface area contributed by atoms with E-state index in [0.29, 0.717) is 0 Å². The predicted octanol–water partition coefficient (Wildman–Crippen LogP) is 2.52. The molecule has 7 heteroatoms. The standard InChI is InChI=1S/C17H29NO6/c1-7-11-18(16(20)24-17(3,4)5)12-14(23-13-21-6)9-10-15(19)22-8-2/h7,9-10,14H,1,8,11-13H2,2-6H3/b10-9+/t14-/m1/s1. The first-order chi connectivity index (χ1) is 11.2. The summed E-state index contributed by atoms with van der Waals surface area (Å²) in [5.41, 5.74) is -0.611. The number of ether oxygens (including phenoxy) is 4. The largest absolute Gasteiger partial charge is 0.463 e. The molecule has 1 amide bonds. The molecule has 0 aromatic heterocycles. The molecule has 0 aliphatic heterocycles. The molecule has 0 spiro atoms. The van der Waals surface area contributed by atoms with Crippen molar-refractivity contribution in [2.45, 2.75) is 39.4 Å². The van der Waals surface area contributed by atoms with Crippen molar-refractivity contribution in [2.75, 3.05) is 33.6 Å². The Morgan fingerprint density at radius 2 is 1.96 bits per heavy atom. The molecular formula is C17H29NO6. The van der Waals surface area contributed by atoms with Gasteiger partial charge in [-0.05, 0) is 33.8 Å². The van der Waals surface area contributed by atoms with Crippen LogP contribution in [-0.4, -0.2) is 62.3 Å². The number of amides is 1. The molecule has 0 rings (SSSR count). The summed E-state index contributed by atoms with van der Waals surface area (Å²) in [5.74, 6) is -0.476. The molecule has 0 saturated carbocycles. The summed E-state index contributed by atoms with van der Waals surface area (Å²) in [6, 6.07) is 0. The zero-order chi connectivity index (χ0) is 18.6. The molecular weight excluding hydrogens is 314 g/mol. The van der Waals surface area contributed by atoms with Crippen LogP contribution in [-0.2, 0) is 23.7 Å². The molecule has 0 aliphatic carbocycles. The van der Waals surface area contributed by atoms with E-state index in [4.69, 9.17) is 18.9 Å². The van der Waals surface area contributed by atoms with Gasteiger partial charge in [-0.2, -0.15) is 0 Å². The molecule has 0 fully saturated rings. The number of carbonyl (C=O) groups excluding carboxylic acids is 2. The van der Waals surface area contributed by atoms with Gasteiger partial charge in [-0.15, -0.1) is 6.58 Å². The van der Waals surface area contributed by atoms with Gasteiger partial charge in [0.05, 0.1) is 19.3 Å². The Labute approximate surface area is 144 Å². The van der Waals surface area contributed by atoms with E-state index in [9.17, 15) is 9.59 Å². The summed E-state index contributed by atoms with van der Waals surface area (Å²) in [4.78, 5) is 25.1. The van der Waals surface area contributed by atoms with Crippen molar-refractivity contribution in [1.29, 1.82) is 0 Å². The van der Waals surface area contributed by atoms with Gasteiger partial charge in [0.2, 0.25) is 0 Å². The lowest BCUT2D eigenvalue weighted by Crippen LogP contribution is -2.41. The van der Waals surface area contributed by atoms with Gasteiger partial charge < -0.3 is 23.8 Å². The van der Waals surface area contributed by atoms with Gasteiger partial charge >= 0.3 is 12.1 Å². The lowest BCUT2D eigenvalue weighted by atomic mass is 10.2. The Balaban J connectivity index is 4.97. The Morgan fingerprint density at radius 1 is 1.29 bits per heavy atom. The number of nitrogens with zero attached hydrogens (tertiary/aromatic N) is 1. The molecule has 0 radical (unpaired) electrons. The summed E-state index contributed by atoms with van der Waals surface area (Å²) < 4.78 is 20.5. The lowest BCUT2D eigenvalue weighted by Gasteiger charge is -2.28. The third kappa shape index (κ3) is 10.8. The number of hydrogen-bond donors (Lipinski definition) is 0. The lowest BCUT2D eigenvalue weighted by molar-refractivity contribution is -0.137. The molecule has 0 unspecified atom stereocenters. The molecule has 0 aliphatic rings. The second-order valence-corrected chi connectivity index (χ2v) is 5.90. The Morgan fingerprint density at radius 3 is 2.46 bits per heavy atom. The summed E-state index contributed by atoms with van der Waals surface area (Å²) in [6.45, 7) is 11.5. The van der Waals surface area contributed by atoms with Crippen LogP contribution in [0.5, 0.6) is 0 Å². The monoisotopic (exact) mass is 343 g/mol. The average molecular weight is 343 g/mol. The fraction of sp³-hybridized carbons (Fsp3) is 0.647. The summed E-state index contributed by atoms with van der Waals surface area (Å²) in [6.07, 6.45) is 3.34. The van der Waals surface area contributed by atoms with E-state index in [1.807, 2.05) is 0 Å². The topological polar surface area (TPSA) is 74.3 Å². The van der Waals surface area contributed by atoms with Gasteiger partial charge in [-0.25, -0.2) is 9.59 Å². The van der Waals surface area contributed by atoms with Crippen LogP contribution in [0.4, 0.5) is 4.79 Å². The van der Waals surface area contributed by atoms with E-state index >= 15 is 0 Å². The summed E-state index contributed by atoms with van der Waals surface area (Å²) >= 11 is 0. The first kappa shape index (κ1) is 22.1. The third-order valence-electron chi connectivity index (χ3n) is 2.54. The minimum atomic E-state index is -0.611. The normalized spacial score (nSPS) is 12.7. The van der Waals surface area contributed by atoms with E-state index in [-0.39, 0.29) is 26.5 Å². The van der Waals surface area contributed by atoms with Crippen LogP contribution >= 0.6 is 0 Å². The minimum Gasteiger partial charge on any atom is -0.463 e. The number of methoxy groups -OCH3 is 1.